The van der Waals surface area contributed by atoms with E-state index in [9.17, 15) is 4.79 Å². The summed E-state index contributed by atoms with van der Waals surface area (Å²) in [5, 5.41) is 5.74. The average molecular weight is 280 g/mol. The number of carbonyl (C=O) groups is 1. The lowest BCUT2D eigenvalue weighted by Crippen LogP contribution is -2.36. The van der Waals surface area contributed by atoms with E-state index < -0.39 is 0 Å². The summed E-state index contributed by atoms with van der Waals surface area (Å²) >= 11 is 0. The first-order valence-electron chi connectivity index (χ1n) is 6.81. The number of anilines is 1. The van der Waals surface area contributed by atoms with Gasteiger partial charge in [0, 0.05) is 17.8 Å². The number of nitrogens with one attached hydrogen (secondary N) is 2. The Bertz CT molecular complexity index is 461. The minimum Gasteiger partial charge on any atom is -0.493 e. The molecule has 0 aliphatic rings. The fraction of sp³-hybridized carbons (Fsp3) is 0.533. The number of hydrogen-bond acceptors (Lipinski definition) is 3. The first kappa shape index (κ1) is 16.1. The van der Waals surface area contributed by atoms with Crippen molar-refractivity contribution in [1.29, 1.82) is 0 Å². The zero-order valence-electron chi connectivity index (χ0n) is 12.9. The molecule has 1 unspecified atom stereocenters. The molecular weight excluding hydrogens is 256 g/mol. The Morgan fingerprint density at radius 2 is 1.85 bits per heavy atom. The summed E-state index contributed by atoms with van der Waals surface area (Å²) in [6, 6.07) is 3.55. The molecule has 0 heterocycles. The highest BCUT2D eigenvalue weighted by molar-refractivity contribution is 5.90. The summed E-state index contributed by atoms with van der Waals surface area (Å²) in [4.78, 5) is 11.9. The molecule has 1 aromatic carbocycles. The van der Waals surface area contributed by atoms with Crippen molar-refractivity contribution in [2.75, 3.05) is 19.5 Å². The van der Waals surface area contributed by atoms with Crippen LogP contribution in [0.5, 0.6) is 11.5 Å². The second-order valence-electron chi connectivity index (χ2n) is 4.81. The lowest BCUT2D eigenvalue weighted by atomic mass is 10.1. The SMILES string of the molecule is CCCC(C)NC(=O)Nc1cc(OC)c(OC)cc1C. The van der Waals surface area contributed by atoms with Crippen LogP contribution in [0, 0.1) is 6.92 Å². The summed E-state index contributed by atoms with van der Waals surface area (Å²) in [6.45, 7) is 5.99. The predicted molar refractivity (Wildman–Crippen MR) is 80.8 cm³/mol. The Morgan fingerprint density at radius 1 is 1.25 bits per heavy atom. The molecule has 1 aromatic rings. The largest absolute Gasteiger partial charge is 0.493 e. The molecule has 2 amide bonds. The summed E-state index contributed by atoms with van der Waals surface area (Å²) in [5.74, 6) is 1.24. The molecule has 2 N–H and O–H groups in total. The molecule has 20 heavy (non-hydrogen) atoms. The van der Waals surface area contributed by atoms with Gasteiger partial charge >= 0.3 is 6.03 Å². The molecule has 0 saturated heterocycles. The fourth-order valence-corrected chi connectivity index (χ4v) is 2.00. The van der Waals surface area contributed by atoms with Gasteiger partial charge in [0.1, 0.15) is 0 Å². The Balaban J connectivity index is 2.79. The number of aryl methyl sites for hydroxylation is 1. The molecule has 112 valence electrons. The van der Waals surface area contributed by atoms with Crippen LogP contribution in [-0.4, -0.2) is 26.3 Å². The van der Waals surface area contributed by atoms with Crippen LogP contribution in [0.25, 0.3) is 0 Å². The predicted octanol–water partition coefficient (Wildman–Crippen LogP) is 3.32. The topological polar surface area (TPSA) is 59.6 Å². The number of urea groups is 1. The van der Waals surface area contributed by atoms with E-state index in [0.717, 1.165) is 18.4 Å². The third kappa shape index (κ3) is 4.33. The number of ether oxygens (including phenoxy) is 2. The summed E-state index contributed by atoms with van der Waals surface area (Å²) in [7, 11) is 3.16. The quantitative estimate of drug-likeness (QED) is 0.840. The van der Waals surface area contributed by atoms with Crippen LogP contribution < -0.4 is 20.1 Å². The molecule has 0 aromatic heterocycles. The number of methoxy groups -OCH3 is 2. The zero-order chi connectivity index (χ0) is 15.1. The zero-order valence-corrected chi connectivity index (χ0v) is 12.9. The van der Waals surface area contributed by atoms with Crippen molar-refractivity contribution in [2.45, 2.75) is 39.7 Å². The molecule has 5 nitrogen and oxygen atoms in total. The van der Waals surface area contributed by atoms with Crippen LogP contribution >= 0.6 is 0 Å². The molecule has 0 bridgehead atoms. The molecular formula is C15H24N2O3. The Kier molecular flexibility index (Phi) is 6.15. The lowest BCUT2D eigenvalue weighted by molar-refractivity contribution is 0.248. The molecule has 0 spiro atoms. The maximum Gasteiger partial charge on any atom is 0.319 e. The van der Waals surface area contributed by atoms with Crippen LogP contribution in [0.2, 0.25) is 0 Å². The first-order valence-corrected chi connectivity index (χ1v) is 6.81. The van der Waals surface area contributed by atoms with E-state index in [2.05, 4.69) is 17.6 Å². The van der Waals surface area contributed by atoms with E-state index in [1.807, 2.05) is 19.9 Å². The van der Waals surface area contributed by atoms with Gasteiger partial charge in [-0.05, 0) is 31.9 Å². The van der Waals surface area contributed by atoms with Crippen LogP contribution in [0.4, 0.5) is 10.5 Å². The van der Waals surface area contributed by atoms with Gasteiger partial charge in [-0.15, -0.1) is 0 Å². The van der Waals surface area contributed by atoms with E-state index in [4.69, 9.17) is 9.47 Å². The van der Waals surface area contributed by atoms with Crippen LogP contribution in [0.15, 0.2) is 12.1 Å². The Labute approximate surface area is 120 Å². The molecule has 1 atom stereocenters. The van der Waals surface area contributed by atoms with Crippen molar-refractivity contribution in [3.8, 4) is 11.5 Å². The van der Waals surface area contributed by atoms with Crippen molar-refractivity contribution >= 4 is 11.7 Å². The van der Waals surface area contributed by atoms with E-state index in [1.54, 1.807) is 20.3 Å². The highest BCUT2D eigenvalue weighted by atomic mass is 16.5. The summed E-state index contributed by atoms with van der Waals surface area (Å²) < 4.78 is 10.5. The normalized spacial score (nSPS) is 11.7. The summed E-state index contributed by atoms with van der Waals surface area (Å²) in [5.41, 5.74) is 1.63. The highest BCUT2D eigenvalue weighted by Crippen LogP contribution is 2.32. The highest BCUT2D eigenvalue weighted by Gasteiger charge is 2.12. The van der Waals surface area contributed by atoms with Gasteiger partial charge in [0.25, 0.3) is 0 Å². The van der Waals surface area contributed by atoms with Crippen molar-refractivity contribution < 1.29 is 14.3 Å². The molecule has 0 aliphatic heterocycles. The Hall–Kier alpha value is -1.91. The van der Waals surface area contributed by atoms with Gasteiger partial charge in [-0.25, -0.2) is 4.79 Å². The number of amides is 2. The molecule has 5 heteroatoms. The average Bonchev–Trinajstić information content (AvgIpc) is 2.40. The first-order chi connectivity index (χ1) is 9.51. The lowest BCUT2D eigenvalue weighted by Gasteiger charge is -2.16. The second-order valence-corrected chi connectivity index (χ2v) is 4.81. The smallest absolute Gasteiger partial charge is 0.319 e. The fourth-order valence-electron chi connectivity index (χ4n) is 2.00. The number of carbonyl (C=O) groups excluding carboxylic acids is 1. The number of rotatable bonds is 6. The maximum absolute atomic E-state index is 11.9. The van der Waals surface area contributed by atoms with Gasteiger partial charge in [-0.1, -0.05) is 13.3 Å². The van der Waals surface area contributed by atoms with Gasteiger partial charge < -0.3 is 20.1 Å². The van der Waals surface area contributed by atoms with Gasteiger partial charge in [-0.3, -0.25) is 0 Å². The third-order valence-electron chi connectivity index (χ3n) is 3.08. The molecule has 0 radical (unpaired) electrons. The number of hydrogen-bond donors (Lipinski definition) is 2. The molecule has 1 rings (SSSR count). The molecule has 0 fully saturated rings. The van der Waals surface area contributed by atoms with E-state index in [1.165, 1.54) is 0 Å². The molecule has 0 saturated carbocycles. The summed E-state index contributed by atoms with van der Waals surface area (Å²) in [6.07, 6.45) is 2.00. The van der Waals surface area contributed by atoms with Crippen LogP contribution in [0.1, 0.15) is 32.3 Å². The molecule has 0 aliphatic carbocycles. The second kappa shape index (κ2) is 7.62. The maximum atomic E-state index is 11.9. The van der Waals surface area contributed by atoms with Crippen molar-refractivity contribution in [1.82, 2.24) is 5.32 Å². The monoisotopic (exact) mass is 280 g/mol. The van der Waals surface area contributed by atoms with E-state index in [-0.39, 0.29) is 12.1 Å². The third-order valence-corrected chi connectivity index (χ3v) is 3.08. The minimum absolute atomic E-state index is 0.153. The van der Waals surface area contributed by atoms with Gasteiger partial charge in [0.2, 0.25) is 0 Å². The minimum atomic E-state index is -0.207. The van der Waals surface area contributed by atoms with Crippen LogP contribution in [0.3, 0.4) is 0 Å². The van der Waals surface area contributed by atoms with Crippen LogP contribution in [-0.2, 0) is 0 Å². The van der Waals surface area contributed by atoms with Gasteiger partial charge in [0.15, 0.2) is 11.5 Å². The standard InChI is InChI=1S/C15H24N2O3/c1-6-7-11(3)16-15(18)17-12-9-14(20-5)13(19-4)8-10(12)2/h8-9,11H,6-7H2,1-5H3,(H2,16,17,18). The van der Waals surface area contributed by atoms with Crippen molar-refractivity contribution in [3.05, 3.63) is 17.7 Å². The van der Waals surface area contributed by atoms with Crippen molar-refractivity contribution in [3.63, 3.8) is 0 Å². The van der Waals surface area contributed by atoms with Gasteiger partial charge in [-0.2, -0.15) is 0 Å². The van der Waals surface area contributed by atoms with E-state index in [0.29, 0.717) is 17.2 Å². The number of benzene rings is 1. The van der Waals surface area contributed by atoms with Crippen molar-refractivity contribution in [2.24, 2.45) is 0 Å². The van der Waals surface area contributed by atoms with E-state index >= 15 is 0 Å². The van der Waals surface area contributed by atoms with Gasteiger partial charge in [0.05, 0.1) is 14.2 Å². The Morgan fingerprint density at radius 3 is 2.40 bits per heavy atom.